The molecular formula is C24H26F2N2O7S. The van der Waals surface area contributed by atoms with E-state index in [4.69, 9.17) is 4.74 Å². The predicted octanol–water partition coefficient (Wildman–Crippen LogP) is 3.07. The Hall–Kier alpha value is -3.38. The zero-order valence-electron chi connectivity index (χ0n) is 19.6. The number of nitrogens with one attached hydrogen (secondary N) is 1. The number of halogens is 2. The molecule has 1 heterocycles. The highest BCUT2D eigenvalue weighted by molar-refractivity contribution is 7.89. The molecule has 1 aliphatic rings. The van der Waals surface area contributed by atoms with E-state index in [1.54, 1.807) is 0 Å². The van der Waals surface area contributed by atoms with Crippen LogP contribution in [0.5, 0.6) is 5.75 Å². The highest BCUT2D eigenvalue weighted by Gasteiger charge is 2.31. The van der Waals surface area contributed by atoms with Crippen molar-refractivity contribution in [1.82, 2.24) is 9.62 Å². The maximum atomic E-state index is 12.9. The number of hydrogen-bond donors (Lipinski definition) is 1. The summed E-state index contributed by atoms with van der Waals surface area (Å²) in [6.07, 6.45) is 0.957. The van der Waals surface area contributed by atoms with E-state index in [1.165, 1.54) is 40.7 Å². The molecule has 1 aliphatic heterocycles. The van der Waals surface area contributed by atoms with Gasteiger partial charge in [-0.25, -0.2) is 13.2 Å². The molecule has 0 aliphatic carbocycles. The largest absolute Gasteiger partial charge is 0.452 e. The molecule has 2 atom stereocenters. The number of sulfonamides is 1. The van der Waals surface area contributed by atoms with Crippen LogP contribution in [-0.4, -0.2) is 56.8 Å². The van der Waals surface area contributed by atoms with Crippen molar-refractivity contribution in [2.45, 2.75) is 31.8 Å². The quantitative estimate of drug-likeness (QED) is 0.527. The van der Waals surface area contributed by atoms with E-state index in [1.807, 2.05) is 19.2 Å². The van der Waals surface area contributed by atoms with Gasteiger partial charge in [-0.1, -0.05) is 13.8 Å². The molecule has 2 aromatic carbocycles. The molecule has 0 spiro atoms. The minimum atomic E-state index is -3.71. The third-order valence-electron chi connectivity index (χ3n) is 5.49. The first-order valence-electron chi connectivity index (χ1n) is 11.1. The molecule has 0 unspecified atom stereocenters. The number of esters is 1. The number of carbonyl (C=O) groups excluding carboxylic acids is 3. The van der Waals surface area contributed by atoms with Crippen LogP contribution in [0.2, 0.25) is 0 Å². The molecule has 0 radical (unpaired) electrons. The number of rotatable bonds is 8. The average molecular weight is 525 g/mol. The molecular weight excluding hydrogens is 498 g/mol. The Labute approximate surface area is 207 Å². The van der Waals surface area contributed by atoms with Crippen LogP contribution in [0, 0.1) is 11.8 Å². The molecule has 194 valence electrons. The lowest BCUT2D eigenvalue weighted by Gasteiger charge is -2.34. The molecule has 3 rings (SSSR count). The van der Waals surface area contributed by atoms with E-state index >= 15 is 0 Å². The smallest absolute Gasteiger partial charge is 0.387 e. The number of nitrogens with zero attached hydrogens (tertiary/aromatic N) is 1. The van der Waals surface area contributed by atoms with Crippen molar-refractivity contribution in [3.63, 3.8) is 0 Å². The van der Waals surface area contributed by atoms with Gasteiger partial charge in [0.1, 0.15) is 5.75 Å². The highest BCUT2D eigenvalue weighted by atomic mass is 32.2. The molecule has 0 bridgehead atoms. The second-order valence-corrected chi connectivity index (χ2v) is 10.6. The standard InChI is InChI=1S/C24H26F2N2O7S/c1-15-11-16(2)13-28(12-15)36(32,33)20-9-5-18(6-10-20)23(31)34-14-21(29)27-22(30)17-3-7-19(8-4-17)35-24(25)26/h3-10,15-16,24H,11-14H2,1-2H3,(H,27,29,30)/t15-,16-/m0/s1. The SMILES string of the molecule is C[C@H]1C[C@H](C)CN(S(=O)(=O)c2ccc(C(=O)OCC(=O)NC(=O)c3ccc(OC(F)F)cc3)cc2)C1. The first-order chi connectivity index (χ1) is 17.0. The van der Waals surface area contributed by atoms with Crippen LogP contribution in [0.4, 0.5) is 8.78 Å². The summed E-state index contributed by atoms with van der Waals surface area (Å²) in [5, 5.41) is 2.01. The molecule has 1 N–H and O–H groups in total. The fourth-order valence-corrected chi connectivity index (χ4v) is 5.63. The fraction of sp³-hybridized carbons (Fsp3) is 0.375. The van der Waals surface area contributed by atoms with E-state index < -0.39 is 41.0 Å². The van der Waals surface area contributed by atoms with Gasteiger partial charge in [-0.05, 0) is 66.8 Å². The van der Waals surface area contributed by atoms with Gasteiger partial charge in [-0.15, -0.1) is 0 Å². The Morgan fingerprint density at radius 1 is 0.972 bits per heavy atom. The summed E-state index contributed by atoms with van der Waals surface area (Å²) in [5.74, 6) is -2.27. The molecule has 0 saturated carbocycles. The Bertz CT molecular complexity index is 1190. The number of imide groups is 1. The first kappa shape index (κ1) is 27.2. The van der Waals surface area contributed by atoms with Gasteiger partial charge < -0.3 is 9.47 Å². The predicted molar refractivity (Wildman–Crippen MR) is 124 cm³/mol. The zero-order valence-corrected chi connectivity index (χ0v) is 20.5. The molecule has 36 heavy (non-hydrogen) atoms. The monoisotopic (exact) mass is 524 g/mol. The number of carbonyl (C=O) groups is 3. The van der Waals surface area contributed by atoms with Crippen LogP contribution in [0.15, 0.2) is 53.4 Å². The van der Waals surface area contributed by atoms with E-state index in [0.717, 1.165) is 18.6 Å². The summed E-state index contributed by atoms with van der Waals surface area (Å²) in [4.78, 5) is 36.4. The minimum absolute atomic E-state index is 0.00517. The lowest BCUT2D eigenvalue weighted by atomic mass is 9.94. The lowest BCUT2D eigenvalue weighted by molar-refractivity contribution is -0.123. The number of ether oxygens (including phenoxy) is 2. The van der Waals surface area contributed by atoms with Crippen molar-refractivity contribution >= 4 is 27.8 Å². The van der Waals surface area contributed by atoms with Gasteiger partial charge >= 0.3 is 12.6 Å². The molecule has 1 fully saturated rings. The fourth-order valence-electron chi connectivity index (χ4n) is 3.95. The summed E-state index contributed by atoms with van der Waals surface area (Å²) < 4.78 is 60.8. The number of alkyl halides is 2. The second-order valence-electron chi connectivity index (χ2n) is 8.65. The van der Waals surface area contributed by atoms with Gasteiger partial charge in [0, 0.05) is 18.7 Å². The summed E-state index contributed by atoms with van der Waals surface area (Å²) in [6, 6.07) is 9.85. The van der Waals surface area contributed by atoms with Crippen LogP contribution in [-0.2, 0) is 19.6 Å². The number of piperidine rings is 1. The molecule has 0 aromatic heterocycles. The minimum Gasteiger partial charge on any atom is -0.452 e. The maximum absolute atomic E-state index is 12.9. The third-order valence-corrected chi connectivity index (χ3v) is 7.34. The van der Waals surface area contributed by atoms with Crippen molar-refractivity contribution in [3.8, 4) is 5.75 Å². The Balaban J connectivity index is 1.53. The van der Waals surface area contributed by atoms with Crippen molar-refractivity contribution in [2.24, 2.45) is 11.8 Å². The van der Waals surface area contributed by atoms with Gasteiger partial charge in [0.2, 0.25) is 10.0 Å². The van der Waals surface area contributed by atoms with E-state index in [-0.39, 0.29) is 33.6 Å². The van der Waals surface area contributed by atoms with Crippen LogP contribution in [0.1, 0.15) is 41.0 Å². The van der Waals surface area contributed by atoms with E-state index in [9.17, 15) is 31.6 Å². The average Bonchev–Trinajstić information content (AvgIpc) is 2.82. The van der Waals surface area contributed by atoms with E-state index in [2.05, 4.69) is 4.74 Å². The summed E-state index contributed by atoms with van der Waals surface area (Å²) in [7, 11) is -3.71. The molecule has 2 amide bonds. The van der Waals surface area contributed by atoms with Gasteiger partial charge in [0.15, 0.2) is 6.61 Å². The summed E-state index contributed by atoms with van der Waals surface area (Å²) in [5.41, 5.74) is 0.0358. The highest BCUT2D eigenvalue weighted by Crippen LogP contribution is 2.26. The van der Waals surface area contributed by atoms with Gasteiger partial charge in [0.05, 0.1) is 10.5 Å². The number of amides is 2. The molecule has 12 heteroatoms. The Morgan fingerprint density at radius 3 is 2.08 bits per heavy atom. The number of benzene rings is 2. The Kier molecular flexibility index (Phi) is 8.75. The van der Waals surface area contributed by atoms with Gasteiger partial charge in [0.25, 0.3) is 11.8 Å². The van der Waals surface area contributed by atoms with Crippen molar-refractivity contribution < 1.29 is 41.1 Å². The summed E-state index contributed by atoms with van der Waals surface area (Å²) in [6.45, 7) is 1.09. The zero-order chi connectivity index (χ0) is 26.5. The lowest BCUT2D eigenvalue weighted by Crippen LogP contribution is -2.42. The van der Waals surface area contributed by atoms with Crippen molar-refractivity contribution in [2.75, 3.05) is 19.7 Å². The van der Waals surface area contributed by atoms with Crippen LogP contribution in [0.25, 0.3) is 0 Å². The molecule has 2 aromatic rings. The van der Waals surface area contributed by atoms with Gasteiger partial charge in [-0.3, -0.25) is 14.9 Å². The molecule has 1 saturated heterocycles. The first-order valence-corrected chi connectivity index (χ1v) is 12.6. The van der Waals surface area contributed by atoms with Gasteiger partial charge in [-0.2, -0.15) is 13.1 Å². The van der Waals surface area contributed by atoms with Crippen molar-refractivity contribution in [3.05, 3.63) is 59.7 Å². The van der Waals surface area contributed by atoms with Crippen LogP contribution in [0.3, 0.4) is 0 Å². The third kappa shape index (κ3) is 7.08. The maximum Gasteiger partial charge on any atom is 0.387 e. The Morgan fingerprint density at radius 2 is 1.53 bits per heavy atom. The van der Waals surface area contributed by atoms with Crippen molar-refractivity contribution in [1.29, 1.82) is 0 Å². The van der Waals surface area contributed by atoms with E-state index in [0.29, 0.717) is 13.1 Å². The van der Waals surface area contributed by atoms with Crippen LogP contribution < -0.4 is 10.1 Å². The number of hydrogen-bond acceptors (Lipinski definition) is 7. The molecule has 9 nitrogen and oxygen atoms in total. The normalized spacial score (nSPS) is 18.5. The topological polar surface area (TPSA) is 119 Å². The summed E-state index contributed by atoms with van der Waals surface area (Å²) >= 11 is 0. The van der Waals surface area contributed by atoms with Crippen LogP contribution >= 0.6 is 0 Å². The second kappa shape index (κ2) is 11.6.